The molecule has 0 aromatic heterocycles. The molecule has 0 saturated heterocycles. The number of amides is 2. The van der Waals surface area contributed by atoms with Crippen molar-refractivity contribution in [2.75, 3.05) is 0 Å². The van der Waals surface area contributed by atoms with Gasteiger partial charge >= 0.3 is 0 Å². The number of sulfone groups is 2. The second-order valence-corrected chi connectivity index (χ2v) is 11.7. The molecule has 0 atom stereocenters. The first kappa shape index (κ1) is 26.6. The molecule has 3 aromatic carbocycles. The molecule has 186 valence electrons. The molecule has 8 nitrogen and oxygen atoms in total. The fraction of sp³-hybridized carbons (Fsp3) is 0.0769. The lowest BCUT2D eigenvalue weighted by Gasteiger charge is -2.10. The topological polar surface area (TPSA) is 126 Å². The summed E-state index contributed by atoms with van der Waals surface area (Å²) in [4.78, 5) is 22.2. The highest BCUT2D eigenvalue weighted by Crippen LogP contribution is 2.23. The van der Waals surface area contributed by atoms with Crippen LogP contribution in [0.1, 0.15) is 22.3 Å². The van der Waals surface area contributed by atoms with Crippen molar-refractivity contribution in [1.82, 2.24) is 10.6 Å². The summed E-state index contributed by atoms with van der Waals surface area (Å²) < 4.78 is 51.9. The van der Waals surface area contributed by atoms with Crippen molar-refractivity contribution in [2.45, 2.75) is 23.6 Å². The van der Waals surface area contributed by atoms with E-state index in [0.29, 0.717) is 11.1 Å². The van der Waals surface area contributed by atoms with Gasteiger partial charge in [0.05, 0.1) is 9.79 Å². The van der Waals surface area contributed by atoms with Gasteiger partial charge in [-0.1, -0.05) is 59.7 Å². The van der Waals surface area contributed by atoms with Crippen molar-refractivity contribution in [3.8, 4) is 0 Å². The first-order valence-corrected chi connectivity index (χ1v) is 13.6. The highest BCUT2D eigenvalue weighted by molar-refractivity contribution is 7.95. The molecule has 2 amide bonds. The highest BCUT2D eigenvalue weighted by atomic mass is 32.2. The van der Waals surface area contributed by atoms with Crippen LogP contribution < -0.4 is 10.6 Å². The molecule has 3 aromatic rings. The predicted molar refractivity (Wildman–Crippen MR) is 138 cm³/mol. The van der Waals surface area contributed by atoms with Crippen molar-refractivity contribution < 1.29 is 26.4 Å². The maximum atomic E-state index is 13.0. The summed E-state index contributed by atoms with van der Waals surface area (Å²) >= 11 is 0. The third kappa shape index (κ3) is 6.15. The van der Waals surface area contributed by atoms with Gasteiger partial charge in [0.2, 0.25) is 32.5 Å². The molecular weight excluding hydrogens is 500 g/mol. The van der Waals surface area contributed by atoms with Crippen LogP contribution in [0.2, 0.25) is 0 Å². The molecule has 0 spiro atoms. The van der Waals surface area contributed by atoms with Crippen LogP contribution in [0.4, 0.5) is 0 Å². The molecule has 0 saturated carbocycles. The van der Waals surface area contributed by atoms with E-state index in [0.717, 1.165) is 11.1 Å². The Bertz CT molecular complexity index is 1400. The predicted octanol–water partition coefficient (Wildman–Crippen LogP) is 3.34. The van der Waals surface area contributed by atoms with Gasteiger partial charge in [0.25, 0.3) is 0 Å². The molecular formula is C26H24N2O6S2. The van der Waals surface area contributed by atoms with Crippen molar-refractivity contribution >= 4 is 44.6 Å². The van der Waals surface area contributed by atoms with Crippen LogP contribution >= 0.6 is 0 Å². The molecule has 0 heterocycles. The number of rotatable bonds is 10. The van der Waals surface area contributed by atoms with Crippen LogP contribution in [0.3, 0.4) is 0 Å². The zero-order valence-corrected chi connectivity index (χ0v) is 21.1. The Morgan fingerprint density at radius 3 is 1.14 bits per heavy atom. The van der Waals surface area contributed by atoms with Crippen LogP contribution in [-0.4, -0.2) is 29.7 Å². The average molecular weight is 525 g/mol. The van der Waals surface area contributed by atoms with E-state index < -0.39 is 19.7 Å². The summed E-state index contributed by atoms with van der Waals surface area (Å²) in [5.74, 6) is 0. The van der Waals surface area contributed by atoms with Crippen molar-refractivity contribution in [2.24, 2.45) is 0 Å². The lowest BCUT2D eigenvalue weighted by molar-refractivity contribution is -0.109. The standard InChI is InChI=1S/C26H24N2O6S2/c1-19-3-11-23(12-4-19)35(31,32)25(27-17-29)15-21-7-9-22(10-8-21)16-26(28-18-30)36(33,34)24-13-5-20(2)6-14-24/h3-18H,1-2H3,(H,27,29)(H,28,30)/b25-15-,26-16+. The minimum Gasteiger partial charge on any atom is -0.319 e. The summed E-state index contributed by atoms with van der Waals surface area (Å²) in [6, 6.07) is 18.7. The van der Waals surface area contributed by atoms with Gasteiger partial charge in [-0.15, -0.1) is 0 Å². The minimum atomic E-state index is -3.99. The monoisotopic (exact) mass is 524 g/mol. The molecule has 2 N–H and O–H groups in total. The number of benzene rings is 3. The normalized spacial score (nSPS) is 12.6. The number of hydrogen-bond donors (Lipinski definition) is 2. The average Bonchev–Trinajstić information content (AvgIpc) is 2.85. The Labute approximate surface area is 210 Å². The van der Waals surface area contributed by atoms with Crippen LogP contribution in [0, 0.1) is 13.8 Å². The Kier molecular flexibility index (Phi) is 8.23. The number of hydrogen-bond acceptors (Lipinski definition) is 6. The van der Waals surface area contributed by atoms with Gasteiger partial charge in [0.15, 0.2) is 0 Å². The molecule has 0 radical (unpaired) electrons. The zero-order chi connectivity index (χ0) is 26.3. The third-order valence-electron chi connectivity index (χ3n) is 5.18. The highest BCUT2D eigenvalue weighted by Gasteiger charge is 2.22. The van der Waals surface area contributed by atoms with E-state index in [9.17, 15) is 26.4 Å². The Hall–Kier alpha value is -4.02. The van der Waals surface area contributed by atoms with Gasteiger partial charge in [-0.3, -0.25) is 9.59 Å². The van der Waals surface area contributed by atoms with Gasteiger partial charge in [-0.05, 0) is 61.4 Å². The van der Waals surface area contributed by atoms with Crippen LogP contribution in [0.5, 0.6) is 0 Å². The van der Waals surface area contributed by atoms with Crippen molar-refractivity contribution in [3.63, 3.8) is 0 Å². The Morgan fingerprint density at radius 1 is 0.556 bits per heavy atom. The van der Waals surface area contributed by atoms with Gasteiger partial charge in [0, 0.05) is 0 Å². The Morgan fingerprint density at radius 2 is 0.861 bits per heavy atom. The van der Waals surface area contributed by atoms with Gasteiger partial charge in [-0.2, -0.15) is 0 Å². The van der Waals surface area contributed by atoms with Crippen molar-refractivity contribution in [3.05, 3.63) is 105 Å². The maximum absolute atomic E-state index is 13.0. The summed E-state index contributed by atoms with van der Waals surface area (Å²) in [6.45, 7) is 3.66. The van der Waals surface area contributed by atoms with E-state index in [1.807, 2.05) is 13.8 Å². The van der Waals surface area contributed by atoms with Crippen molar-refractivity contribution in [1.29, 1.82) is 0 Å². The largest absolute Gasteiger partial charge is 0.319 e. The lowest BCUT2D eigenvalue weighted by atomic mass is 10.1. The Balaban J connectivity index is 1.96. The molecule has 0 aliphatic carbocycles. The first-order valence-electron chi connectivity index (χ1n) is 10.7. The van der Waals surface area contributed by atoms with E-state index in [4.69, 9.17) is 0 Å². The summed E-state index contributed by atoms with van der Waals surface area (Å²) in [7, 11) is -7.98. The first-order chi connectivity index (χ1) is 17.1. The van der Waals surface area contributed by atoms with Crippen LogP contribution in [0.15, 0.2) is 92.6 Å². The minimum absolute atomic E-state index is 0.0270. The molecule has 0 unspecified atom stereocenters. The molecule has 36 heavy (non-hydrogen) atoms. The summed E-state index contributed by atoms with van der Waals surface area (Å²) in [5.41, 5.74) is 2.66. The quantitative estimate of drug-likeness (QED) is 0.392. The van der Waals surface area contributed by atoms with Crippen LogP contribution in [0.25, 0.3) is 12.2 Å². The van der Waals surface area contributed by atoms with E-state index in [-0.39, 0.29) is 32.7 Å². The van der Waals surface area contributed by atoms with Gasteiger partial charge < -0.3 is 10.6 Å². The fourth-order valence-electron chi connectivity index (χ4n) is 3.19. The molecule has 10 heteroatoms. The zero-order valence-electron chi connectivity index (χ0n) is 19.5. The molecule has 0 fully saturated rings. The number of carbonyl (C=O) groups excluding carboxylic acids is 2. The van der Waals surface area contributed by atoms with Gasteiger partial charge in [-0.25, -0.2) is 16.8 Å². The maximum Gasteiger partial charge on any atom is 0.221 e. The summed E-state index contributed by atoms with van der Waals surface area (Å²) in [5, 5.41) is 3.86. The SMILES string of the molecule is Cc1ccc(S(=O)(=O)/C(=C\c2ccc(/C=C(\NC=O)S(=O)(=O)c3ccc(C)cc3)cc2)NC=O)cc1. The molecule has 0 aliphatic heterocycles. The third-order valence-corrected chi connectivity index (χ3v) is 8.59. The van der Waals surface area contributed by atoms with E-state index >= 15 is 0 Å². The summed E-state index contributed by atoms with van der Waals surface area (Å²) in [6.07, 6.45) is 3.15. The lowest BCUT2D eigenvalue weighted by Crippen LogP contribution is -2.19. The van der Waals surface area contributed by atoms with Gasteiger partial charge in [0.1, 0.15) is 10.1 Å². The van der Waals surface area contributed by atoms with E-state index in [2.05, 4.69) is 10.6 Å². The fourth-order valence-corrected chi connectivity index (χ4v) is 5.68. The van der Waals surface area contributed by atoms with Crippen LogP contribution in [-0.2, 0) is 29.3 Å². The molecule has 3 rings (SSSR count). The van der Waals surface area contributed by atoms with E-state index in [1.54, 1.807) is 48.5 Å². The van der Waals surface area contributed by atoms with E-state index in [1.165, 1.54) is 36.4 Å². The number of aryl methyl sites for hydroxylation is 2. The second-order valence-electron chi connectivity index (χ2n) is 7.84. The second kappa shape index (κ2) is 11.1. The molecule has 0 aliphatic rings. The molecule has 0 bridgehead atoms. The number of carbonyl (C=O) groups is 2. The number of nitrogens with one attached hydrogen (secondary N) is 2. The smallest absolute Gasteiger partial charge is 0.221 e.